The third-order valence-electron chi connectivity index (χ3n) is 3.70. The lowest BCUT2D eigenvalue weighted by atomic mass is 10.1. The molecule has 0 aromatic heterocycles. The average Bonchev–Trinajstić information content (AvgIpc) is 2.96. The Balaban J connectivity index is 1.61. The minimum absolute atomic E-state index is 0.172. The van der Waals surface area contributed by atoms with Crippen molar-refractivity contribution in [3.8, 4) is 0 Å². The highest BCUT2D eigenvalue weighted by Crippen LogP contribution is 2.41. The molecule has 0 N–H and O–H groups in total. The van der Waals surface area contributed by atoms with E-state index in [9.17, 15) is 13.2 Å². The summed E-state index contributed by atoms with van der Waals surface area (Å²) in [6.45, 7) is 1.50. The van der Waals surface area contributed by atoms with Crippen LogP contribution >= 0.6 is 11.8 Å². The van der Waals surface area contributed by atoms with Crippen molar-refractivity contribution < 1.29 is 13.2 Å². The van der Waals surface area contributed by atoms with Crippen molar-refractivity contribution in [3.63, 3.8) is 0 Å². The Morgan fingerprint density at radius 3 is 2.17 bits per heavy atom. The highest BCUT2D eigenvalue weighted by molar-refractivity contribution is 8.00. The molecule has 0 bridgehead atoms. The fourth-order valence-electron chi connectivity index (χ4n) is 2.55. The topological polar surface area (TPSA) is 3.24 Å². The van der Waals surface area contributed by atoms with Gasteiger partial charge in [0.2, 0.25) is 0 Å². The van der Waals surface area contributed by atoms with Crippen LogP contribution in [0.2, 0.25) is 0 Å². The smallest absolute Gasteiger partial charge is 0.291 e. The number of halogens is 3. The van der Waals surface area contributed by atoms with Crippen LogP contribution in [-0.2, 0) is 13.1 Å². The van der Waals surface area contributed by atoms with Gasteiger partial charge in [-0.05, 0) is 41.1 Å². The standard InChI is InChI=1S/C18H16F3NS/c19-17(18(20,21)23-16-8-2-1-3-9-16)10-11-22-12-14-6-4-5-7-15(14)13-22/h1-10H,11-13H2/b17-10-. The first-order valence-corrected chi connectivity index (χ1v) is 8.13. The maximum atomic E-state index is 13.9. The summed E-state index contributed by atoms with van der Waals surface area (Å²) in [5.41, 5.74) is 2.35. The van der Waals surface area contributed by atoms with Crippen LogP contribution in [-0.4, -0.2) is 16.7 Å². The molecule has 1 heterocycles. The van der Waals surface area contributed by atoms with Gasteiger partial charge in [0, 0.05) is 24.5 Å². The molecule has 0 unspecified atom stereocenters. The summed E-state index contributed by atoms with van der Waals surface area (Å²) in [4.78, 5) is 2.28. The zero-order valence-electron chi connectivity index (χ0n) is 12.4. The zero-order chi connectivity index (χ0) is 16.3. The molecule has 1 nitrogen and oxygen atoms in total. The zero-order valence-corrected chi connectivity index (χ0v) is 13.2. The first-order chi connectivity index (χ1) is 11.0. The van der Waals surface area contributed by atoms with Gasteiger partial charge >= 0.3 is 5.25 Å². The number of rotatable bonds is 5. The van der Waals surface area contributed by atoms with Crippen molar-refractivity contribution >= 4 is 11.8 Å². The molecule has 2 aromatic carbocycles. The van der Waals surface area contributed by atoms with Crippen LogP contribution in [0.5, 0.6) is 0 Å². The molecule has 0 atom stereocenters. The number of nitrogens with zero attached hydrogens (tertiary/aromatic N) is 1. The molecule has 23 heavy (non-hydrogen) atoms. The number of fused-ring (bicyclic) bond motifs is 1. The molecule has 5 heteroatoms. The third kappa shape index (κ3) is 3.98. The van der Waals surface area contributed by atoms with E-state index in [4.69, 9.17) is 0 Å². The van der Waals surface area contributed by atoms with Crippen LogP contribution in [0, 0.1) is 0 Å². The lowest BCUT2D eigenvalue weighted by molar-refractivity contribution is 0.117. The highest BCUT2D eigenvalue weighted by atomic mass is 32.2. The molecule has 2 aromatic rings. The van der Waals surface area contributed by atoms with Crippen LogP contribution in [0.15, 0.2) is 71.4 Å². The van der Waals surface area contributed by atoms with Crippen LogP contribution < -0.4 is 0 Å². The van der Waals surface area contributed by atoms with Crippen molar-refractivity contribution in [2.75, 3.05) is 6.54 Å². The maximum absolute atomic E-state index is 13.9. The summed E-state index contributed by atoms with van der Waals surface area (Å²) in [5, 5.41) is -3.55. The number of alkyl halides is 2. The van der Waals surface area contributed by atoms with Gasteiger partial charge < -0.3 is 0 Å². The highest BCUT2D eigenvalue weighted by Gasteiger charge is 2.36. The minimum Gasteiger partial charge on any atom is -0.291 e. The predicted octanol–water partition coefficient (Wildman–Crippen LogP) is 5.24. The molecule has 0 radical (unpaired) electrons. The van der Waals surface area contributed by atoms with Gasteiger partial charge in [0.15, 0.2) is 5.83 Å². The summed E-state index contributed by atoms with van der Waals surface area (Å²) in [6, 6.07) is 16.0. The van der Waals surface area contributed by atoms with E-state index in [1.54, 1.807) is 30.3 Å². The SMILES string of the molecule is F/C(=C\CN1Cc2ccccc2C1)C(F)(F)Sc1ccccc1. The van der Waals surface area contributed by atoms with Crippen LogP contribution in [0.1, 0.15) is 11.1 Å². The first-order valence-electron chi connectivity index (χ1n) is 7.32. The second-order valence-electron chi connectivity index (χ2n) is 5.42. The second-order valence-corrected chi connectivity index (χ2v) is 6.61. The minimum atomic E-state index is -3.55. The number of thioether (sulfide) groups is 1. The van der Waals surface area contributed by atoms with Gasteiger partial charge in [-0.3, -0.25) is 4.90 Å². The summed E-state index contributed by atoms with van der Waals surface area (Å²) < 4.78 is 41.8. The van der Waals surface area contributed by atoms with Crippen molar-refractivity contribution in [3.05, 3.63) is 77.6 Å². The van der Waals surface area contributed by atoms with E-state index >= 15 is 0 Å². The molecule has 0 fully saturated rings. The van der Waals surface area contributed by atoms with E-state index in [0.29, 0.717) is 18.0 Å². The van der Waals surface area contributed by atoms with E-state index in [-0.39, 0.29) is 18.3 Å². The normalized spacial score (nSPS) is 15.7. The molecule has 1 aliphatic heterocycles. The number of hydrogen-bond acceptors (Lipinski definition) is 2. The Morgan fingerprint density at radius 1 is 1.00 bits per heavy atom. The molecule has 120 valence electrons. The van der Waals surface area contributed by atoms with Crippen LogP contribution in [0.3, 0.4) is 0 Å². The van der Waals surface area contributed by atoms with Gasteiger partial charge in [-0.25, -0.2) is 4.39 Å². The van der Waals surface area contributed by atoms with Gasteiger partial charge in [-0.15, -0.1) is 0 Å². The summed E-state index contributed by atoms with van der Waals surface area (Å²) in [7, 11) is 0. The van der Waals surface area contributed by atoms with Crippen molar-refractivity contribution in [1.29, 1.82) is 0 Å². The Hall–Kier alpha value is -1.72. The summed E-state index contributed by atoms with van der Waals surface area (Å²) in [5.74, 6) is -1.39. The van der Waals surface area contributed by atoms with E-state index in [0.717, 1.165) is 6.08 Å². The number of hydrogen-bond donors (Lipinski definition) is 0. The molecule has 0 saturated heterocycles. The molecule has 0 saturated carbocycles. The monoisotopic (exact) mass is 335 g/mol. The van der Waals surface area contributed by atoms with Crippen molar-refractivity contribution in [2.45, 2.75) is 23.2 Å². The molecule has 0 aliphatic carbocycles. The lowest BCUT2D eigenvalue weighted by Gasteiger charge is -2.16. The van der Waals surface area contributed by atoms with Crippen LogP contribution in [0.25, 0.3) is 0 Å². The van der Waals surface area contributed by atoms with Gasteiger partial charge in [-0.1, -0.05) is 42.5 Å². The fourth-order valence-corrected chi connectivity index (χ4v) is 3.32. The van der Waals surface area contributed by atoms with Crippen molar-refractivity contribution in [1.82, 2.24) is 4.90 Å². The second kappa shape index (κ2) is 6.81. The van der Waals surface area contributed by atoms with E-state index in [2.05, 4.69) is 0 Å². The maximum Gasteiger partial charge on any atom is 0.348 e. The van der Waals surface area contributed by atoms with E-state index in [1.807, 2.05) is 29.2 Å². The third-order valence-corrected chi connectivity index (χ3v) is 4.66. The van der Waals surface area contributed by atoms with Crippen molar-refractivity contribution in [2.24, 2.45) is 0 Å². The van der Waals surface area contributed by atoms with Crippen LogP contribution in [0.4, 0.5) is 13.2 Å². The average molecular weight is 335 g/mol. The molecule has 0 spiro atoms. The predicted molar refractivity (Wildman–Crippen MR) is 87.0 cm³/mol. The molecule has 0 amide bonds. The Morgan fingerprint density at radius 2 is 1.57 bits per heavy atom. The van der Waals surface area contributed by atoms with Gasteiger partial charge in [-0.2, -0.15) is 8.78 Å². The summed E-state index contributed by atoms with van der Waals surface area (Å²) in [6.07, 6.45) is 0.988. The Bertz CT molecular complexity index is 675. The van der Waals surface area contributed by atoms with Gasteiger partial charge in [0.25, 0.3) is 0 Å². The molecule has 1 aliphatic rings. The molecule has 3 rings (SSSR count). The van der Waals surface area contributed by atoms with Gasteiger partial charge in [0.1, 0.15) is 0 Å². The largest absolute Gasteiger partial charge is 0.348 e. The lowest BCUT2D eigenvalue weighted by Crippen LogP contribution is -2.18. The molecular formula is C18H16F3NS. The van der Waals surface area contributed by atoms with Gasteiger partial charge in [0.05, 0.1) is 0 Å². The fraction of sp³-hybridized carbons (Fsp3) is 0.222. The summed E-state index contributed by atoms with van der Waals surface area (Å²) >= 11 is 0.229. The first kappa shape index (κ1) is 16.1. The quantitative estimate of drug-likeness (QED) is 0.687. The number of benzene rings is 2. The Labute approximate surface area is 137 Å². The van der Waals surface area contributed by atoms with E-state index < -0.39 is 11.1 Å². The van der Waals surface area contributed by atoms with E-state index in [1.165, 1.54) is 11.1 Å². The molecular weight excluding hydrogens is 319 g/mol. The Kier molecular flexibility index (Phi) is 4.78.